The van der Waals surface area contributed by atoms with Gasteiger partial charge in [0.25, 0.3) is 0 Å². The first-order chi connectivity index (χ1) is 20.5. The molecule has 9 nitrogen and oxygen atoms in total. The van der Waals surface area contributed by atoms with Gasteiger partial charge in [-0.2, -0.15) is 9.97 Å². The first-order valence-corrected chi connectivity index (χ1v) is 15.2. The highest BCUT2D eigenvalue weighted by atomic mass is 19.1. The van der Waals surface area contributed by atoms with Crippen molar-refractivity contribution in [2.75, 3.05) is 43.8 Å². The van der Waals surface area contributed by atoms with Gasteiger partial charge in [-0.25, -0.2) is 13.8 Å². The fourth-order valence-electron chi connectivity index (χ4n) is 6.55. The number of hydrogen-bond donors (Lipinski definition) is 3. The van der Waals surface area contributed by atoms with Crippen LogP contribution in [0.25, 0.3) is 22.2 Å². The van der Waals surface area contributed by atoms with E-state index in [0.717, 1.165) is 37.9 Å². The Labute approximate surface area is 251 Å². The van der Waals surface area contributed by atoms with Crippen LogP contribution in [-0.4, -0.2) is 70.4 Å². The Morgan fingerprint density at radius 1 is 1.19 bits per heavy atom. The molecule has 1 aromatic carbocycles. The van der Waals surface area contributed by atoms with Crippen molar-refractivity contribution in [3.63, 3.8) is 0 Å². The van der Waals surface area contributed by atoms with Crippen LogP contribution < -0.4 is 25.8 Å². The number of benzene rings is 1. The number of fused-ring (bicyclic) bond motifs is 1. The SMILES string of the molecule is C[C@H]1CCNCCNc2nc(O/C=C/C34CCCN3C[C@H](F)C4)nc3c(F)c(-c4cc(N)ccc4C(C)(C)C)nc(c23)O1. The third-order valence-electron chi connectivity index (χ3n) is 8.69. The van der Waals surface area contributed by atoms with Gasteiger partial charge in [0.1, 0.15) is 28.6 Å². The lowest BCUT2D eigenvalue weighted by Crippen LogP contribution is -2.35. The van der Waals surface area contributed by atoms with Gasteiger partial charge in [0.05, 0.1) is 12.4 Å². The van der Waals surface area contributed by atoms with Gasteiger partial charge in [-0.1, -0.05) is 26.8 Å². The number of halogens is 2. The molecule has 0 amide bonds. The molecule has 2 saturated heterocycles. The lowest BCUT2D eigenvalue weighted by atomic mass is 9.82. The molecule has 0 saturated carbocycles. The van der Waals surface area contributed by atoms with Crippen molar-refractivity contribution in [3.05, 3.63) is 41.9 Å². The second kappa shape index (κ2) is 11.5. The van der Waals surface area contributed by atoms with Gasteiger partial charge in [0.15, 0.2) is 5.82 Å². The molecule has 0 spiro atoms. The van der Waals surface area contributed by atoms with Gasteiger partial charge in [0.2, 0.25) is 5.88 Å². The Hall–Kier alpha value is -3.57. The van der Waals surface area contributed by atoms with E-state index in [1.807, 2.05) is 25.1 Å². The van der Waals surface area contributed by atoms with Crippen LogP contribution in [0.4, 0.5) is 20.3 Å². The van der Waals surface area contributed by atoms with Crippen LogP contribution in [0, 0.1) is 5.82 Å². The molecular formula is C32H41F2N7O2. The lowest BCUT2D eigenvalue weighted by molar-refractivity contribution is 0.205. The standard InChI is InChI=1S/C32H41F2N7O2/c1-19-8-11-36-12-13-37-28-24-27(39-30(40-28)42-15-10-32-9-5-14-41(32)18-20(33)17-32)25(34)26(38-29(24)43-19)22-16-21(35)6-7-23(22)31(2,3)4/h6-7,10,15-16,19-20,36H,5,8-9,11-14,17-18,35H2,1-4H3,(H,37,39,40)/b15-10+/t19-,20+,32?/m0/s1. The van der Waals surface area contributed by atoms with E-state index in [1.54, 1.807) is 6.07 Å². The third-order valence-corrected chi connectivity index (χ3v) is 8.69. The highest BCUT2D eigenvalue weighted by Crippen LogP contribution is 2.42. The van der Waals surface area contributed by atoms with E-state index in [0.29, 0.717) is 48.5 Å². The minimum absolute atomic E-state index is 0.0245. The maximum absolute atomic E-state index is 16.7. The number of nitrogens with one attached hydrogen (secondary N) is 2. The predicted molar refractivity (Wildman–Crippen MR) is 165 cm³/mol. The largest absolute Gasteiger partial charge is 0.474 e. The number of pyridine rings is 1. The van der Waals surface area contributed by atoms with Crippen molar-refractivity contribution in [2.24, 2.45) is 0 Å². The fraction of sp³-hybridized carbons (Fsp3) is 0.531. The normalized spacial score (nSPS) is 24.9. The van der Waals surface area contributed by atoms with E-state index in [2.05, 4.69) is 46.3 Å². The molecule has 2 aromatic heterocycles. The molecule has 0 bridgehead atoms. The molecule has 5 heterocycles. The molecule has 3 aliphatic heterocycles. The van der Waals surface area contributed by atoms with Crippen molar-refractivity contribution < 1.29 is 18.3 Å². The van der Waals surface area contributed by atoms with Gasteiger partial charge in [-0.15, -0.1) is 0 Å². The summed E-state index contributed by atoms with van der Waals surface area (Å²) >= 11 is 0. The van der Waals surface area contributed by atoms with Crippen LogP contribution in [0.5, 0.6) is 11.9 Å². The van der Waals surface area contributed by atoms with Crippen LogP contribution in [0.1, 0.15) is 58.9 Å². The summed E-state index contributed by atoms with van der Waals surface area (Å²) in [5.41, 5.74) is 7.63. The molecule has 6 rings (SSSR count). The van der Waals surface area contributed by atoms with Crippen LogP contribution in [0.2, 0.25) is 0 Å². The molecule has 0 aliphatic carbocycles. The molecule has 4 N–H and O–H groups in total. The highest BCUT2D eigenvalue weighted by molar-refractivity contribution is 5.96. The number of ether oxygens (including phenoxy) is 2. The fourth-order valence-corrected chi connectivity index (χ4v) is 6.55. The summed E-state index contributed by atoms with van der Waals surface area (Å²) in [5, 5.41) is 7.04. The Kier molecular flexibility index (Phi) is 7.89. The summed E-state index contributed by atoms with van der Waals surface area (Å²) in [6.07, 6.45) is 5.41. The van der Waals surface area contributed by atoms with Gasteiger partial charge in [-0.3, -0.25) is 4.90 Å². The maximum Gasteiger partial charge on any atom is 0.324 e. The molecular weight excluding hydrogens is 552 g/mol. The summed E-state index contributed by atoms with van der Waals surface area (Å²) in [6, 6.07) is 5.45. The van der Waals surface area contributed by atoms with Crippen LogP contribution in [0.15, 0.2) is 30.5 Å². The third kappa shape index (κ3) is 5.84. The summed E-state index contributed by atoms with van der Waals surface area (Å²) in [4.78, 5) is 16.1. The quantitative estimate of drug-likeness (QED) is 0.272. The van der Waals surface area contributed by atoms with Crippen LogP contribution in [-0.2, 0) is 5.41 Å². The van der Waals surface area contributed by atoms with Crippen molar-refractivity contribution in [3.8, 4) is 23.1 Å². The maximum atomic E-state index is 16.7. The number of aromatic nitrogens is 3. The zero-order valence-corrected chi connectivity index (χ0v) is 25.3. The van der Waals surface area contributed by atoms with Gasteiger partial charge < -0.3 is 25.8 Å². The number of nitrogen functional groups attached to an aromatic ring is 1. The van der Waals surface area contributed by atoms with E-state index in [4.69, 9.17) is 20.2 Å². The van der Waals surface area contributed by atoms with Gasteiger partial charge in [-0.05, 0) is 68.5 Å². The first kappa shape index (κ1) is 29.5. The monoisotopic (exact) mass is 593 g/mol. The molecule has 11 heteroatoms. The summed E-state index contributed by atoms with van der Waals surface area (Å²) in [6.45, 7) is 11.4. The van der Waals surface area contributed by atoms with E-state index in [9.17, 15) is 4.39 Å². The molecule has 1 unspecified atom stereocenters. The summed E-state index contributed by atoms with van der Waals surface area (Å²) in [5.74, 6) is -0.00525. The topological polar surface area (TPSA) is 110 Å². The average molecular weight is 594 g/mol. The molecule has 2 fully saturated rings. The minimum Gasteiger partial charge on any atom is -0.474 e. The second-order valence-electron chi connectivity index (χ2n) is 13.0. The van der Waals surface area contributed by atoms with E-state index in [1.165, 1.54) is 6.26 Å². The second-order valence-corrected chi connectivity index (χ2v) is 13.0. The number of anilines is 2. The van der Waals surface area contributed by atoms with E-state index in [-0.39, 0.29) is 40.2 Å². The molecule has 3 aromatic rings. The Morgan fingerprint density at radius 2 is 2.02 bits per heavy atom. The Balaban J connectivity index is 1.49. The Morgan fingerprint density at radius 3 is 2.84 bits per heavy atom. The Bertz CT molecular complexity index is 1540. The number of rotatable bonds is 4. The van der Waals surface area contributed by atoms with Crippen LogP contribution in [0.3, 0.4) is 0 Å². The first-order valence-electron chi connectivity index (χ1n) is 15.2. The van der Waals surface area contributed by atoms with Crippen molar-refractivity contribution in [2.45, 2.75) is 76.6 Å². The summed E-state index contributed by atoms with van der Waals surface area (Å²) in [7, 11) is 0. The molecule has 3 atom stereocenters. The zero-order chi connectivity index (χ0) is 30.4. The molecule has 230 valence electrons. The van der Waals surface area contributed by atoms with Crippen LogP contribution >= 0.6 is 0 Å². The highest BCUT2D eigenvalue weighted by Gasteiger charge is 2.47. The molecule has 0 radical (unpaired) electrons. The summed E-state index contributed by atoms with van der Waals surface area (Å²) < 4.78 is 43.3. The molecule has 43 heavy (non-hydrogen) atoms. The number of alkyl halides is 1. The van der Waals surface area contributed by atoms with Crippen molar-refractivity contribution in [1.29, 1.82) is 0 Å². The number of nitrogens with zero attached hydrogens (tertiary/aromatic N) is 4. The van der Waals surface area contributed by atoms with Gasteiger partial charge >= 0.3 is 6.01 Å². The number of nitrogens with two attached hydrogens (primary N) is 1. The smallest absolute Gasteiger partial charge is 0.324 e. The van der Waals surface area contributed by atoms with Gasteiger partial charge in [0, 0.05) is 42.8 Å². The number of hydrogen-bond acceptors (Lipinski definition) is 9. The van der Waals surface area contributed by atoms with Crippen molar-refractivity contribution in [1.82, 2.24) is 25.2 Å². The predicted octanol–water partition coefficient (Wildman–Crippen LogP) is 5.35. The molecule has 3 aliphatic rings. The zero-order valence-electron chi connectivity index (χ0n) is 25.3. The lowest BCUT2D eigenvalue weighted by Gasteiger charge is -2.27. The van der Waals surface area contributed by atoms with E-state index >= 15 is 4.39 Å². The average Bonchev–Trinajstić information content (AvgIpc) is 3.45. The minimum atomic E-state index is -0.861. The van der Waals surface area contributed by atoms with E-state index < -0.39 is 12.0 Å². The van der Waals surface area contributed by atoms with Crippen molar-refractivity contribution >= 4 is 22.4 Å².